The van der Waals surface area contributed by atoms with Crippen LogP contribution in [0.5, 0.6) is 5.88 Å². The second-order valence-electron chi connectivity index (χ2n) is 5.84. The van der Waals surface area contributed by atoms with Crippen LogP contribution in [0.3, 0.4) is 0 Å². The summed E-state index contributed by atoms with van der Waals surface area (Å²) in [7, 11) is 0. The van der Waals surface area contributed by atoms with Gasteiger partial charge in [-0.15, -0.1) is 0 Å². The number of nitrogens with two attached hydrogens (primary N) is 1. The third-order valence-electron chi connectivity index (χ3n) is 2.69. The summed E-state index contributed by atoms with van der Waals surface area (Å²) < 4.78 is 41.2. The van der Waals surface area contributed by atoms with Crippen molar-refractivity contribution in [3.05, 3.63) is 23.4 Å². The molecule has 0 atom stereocenters. The van der Waals surface area contributed by atoms with Gasteiger partial charge in [-0.25, -0.2) is 4.98 Å². The summed E-state index contributed by atoms with van der Waals surface area (Å²) in [6, 6.07) is 1.86. The maximum Gasteiger partial charge on any atom is 0.422 e. The fraction of sp³-hybridized carbons (Fsp3) is 0.643. The zero-order valence-electron chi connectivity index (χ0n) is 12.3. The first-order valence-electron chi connectivity index (χ1n) is 6.62. The van der Waals surface area contributed by atoms with Crippen molar-refractivity contribution in [2.45, 2.75) is 52.4 Å². The van der Waals surface area contributed by atoms with Crippen molar-refractivity contribution in [1.29, 1.82) is 0 Å². The second kappa shape index (κ2) is 6.43. The summed E-state index contributed by atoms with van der Waals surface area (Å²) in [5.74, 6) is 0.0735. The van der Waals surface area contributed by atoms with Crippen molar-refractivity contribution < 1.29 is 23.2 Å². The smallest absolute Gasteiger partial charge is 0.422 e. The predicted molar refractivity (Wildman–Crippen MR) is 70.5 cm³/mol. The van der Waals surface area contributed by atoms with Crippen LogP contribution < -0.4 is 10.1 Å². The largest absolute Gasteiger partial charge is 0.468 e. The van der Waals surface area contributed by atoms with Crippen molar-refractivity contribution in [2.75, 3.05) is 6.61 Å². The molecular formula is C14H22F3N2O+. The Balaban J connectivity index is 2.75. The number of nitrogens with zero attached hydrogens (tertiary/aromatic N) is 1. The van der Waals surface area contributed by atoms with Gasteiger partial charge in [-0.2, -0.15) is 13.2 Å². The van der Waals surface area contributed by atoms with Crippen LogP contribution in [0.2, 0.25) is 0 Å². The van der Waals surface area contributed by atoms with Crippen LogP contribution in [0.1, 0.15) is 38.8 Å². The molecule has 6 heteroatoms. The van der Waals surface area contributed by atoms with E-state index < -0.39 is 12.8 Å². The summed E-state index contributed by atoms with van der Waals surface area (Å²) in [5, 5.41) is 2.15. The van der Waals surface area contributed by atoms with E-state index in [9.17, 15) is 13.2 Å². The molecule has 0 amide bonds. The average Bonchev–Trinajstić information content (AvgIpc) is 2.32. The molecule has 0 spiro atoms. The van der Waals surface area contributed by atoms with E-state index in [1.165, 1.54) is 0 Å². The van der Waals surface area contributed by atoms with Gasteiger partial charge in [-0.1, -0.05) is 6.92 Å². The van der Waals surface area contributed by atoms with Crippen LogP contribution in [-0.2, 0) is 13.0 Å². The van der Waals surface area contributed by atoms with Crippen molar-refractivity contribution >= 4 is 0 Å². The van der Waals surface area contributed by atoms with Gasteiger partial charge in [-0.05, 0) is 33.3 Å². The highest BCUT2D eigenvalue weighted by Gasteiger charge is 2.29. The molecule has 1 rings (SSSR count). The van der Waals surface area contributed by atoms with E-state index in [1.54, 1.807) is 6.20 Å². The molecule has 2 N–H and O–H groups in total. The van der Waals surface area contributed by atoms with Crippen molar-refractivity contribution in [3.8, 4) is 5.88 Å². The molecule has 20 heavy (non-hydrogen) atoms. The van der Waals surface area contributed by atoms with E-state index in [0.29, 0.717) is 12.0 Å². The fourth-order valence-corrected chi connectivity index (χ4v) is 1.62. The van der Waals surface area contributed by atoms with Crippen LogP contribution in [-0.4, -0.2) is 23.3 Å². The Morgan fingerprint density at radius 1 is 1.25 bits per heavy atom. The molecule has 0 aliphatic carbocycles. The zero-order chi connectivity index (χ0) is 15.4. The first kappa shape index (κ1) is 16.8. The van der Waals surface area contributed by atoms with Crippen molar-refractivity contribution in [2.24, 2.45) is 0 Å². The van der Waals surface area contributed by atoms with Gasteiger partial charge in [0.1, 0.15) is 6.54 Å². The van der Waals surface area contributed by atoms with E-state index in [0.717, 1.165) is 12.1 Å². The van der Waals surface area contributed by atoms with Crippen LogP contribution in [0.25, 0.3) is 0 Å². The summed E-state index contributed by atoms with van der Waals surface area (Å²) >= 11 is 0. The molecule has 114 valence electrons. The van der Waals surface area contributed by atoms with Gasteiger partial charge < -0.3 is 10.1 Å². The third kappa shape index (κ3) is 6.23. The molecule has 1 aromatic rings. The monoisotopic (exact) mass is 291 g/mol. The molecular weight excluding hydrogens is 269 g/mol. The lowest BCUT2D eigenvalue weighted by Gasteiger charge is -2.17. The number of aromatic nitrogens is 1. The number of halogens is 3. The quantitative estimate of drug-likeness (QED) is 0.905. The van der Waals surface area contributed by atoms with Crippen LogP contribution in [0.15, 0.2) is 12.3 Å². The minimum Gasteiger partial charge on any atom is -0.468 e. The average molecular weight is 291 g/mol. The normalized spacial score (nSPS) is 12.6. The Hall–Kier alpha value is -1.30. The van der Waals surface area contributed by atoms with E-state index >= 15 is 0 Å². The zero-order valence-corrected chi connectivity index (χ0v) is 12.3. The van der Waals surface area contributed by atoms with Crippen LogP contribution >= 0.6 is 0 Å². The number of pyridine rings is 1. The van der Waals surface area contributed by atoms with Crippen LogP contribution in [0.4, 0.5) is 13.2 Å². The summed E-state index contributed by atoms with van der Waals surface area (Å²) in [4.78, 5) is 4.01. The number of hydrogen-bond acceptors (Lipinski definition) is 2. The number of ether oxygens (including phenoxy) is 1. The highest BCUT2D eigenvalue weighted by atomic mass is 19.4. The Bertz CT molecular complexity index is 439. The fourth-order valence-electron chi connectivity index (χ4n) is 1.62. The second-order valence-corrected chi connectivity index (χ2v) is 5.84. The summed E-state index contributed by atoms with van der Waals surface area (Å²) in [6.45, 7) is 7.60. The molecule has 0 fully saturated rings. The Labute approximate surface area is 117 Å². The number of hydrogen-bond donors (Lipinski definition) is 1. The lowest BCUT2D eigenvalue weighted by atomic mass is 10.1. The van der Waals surface area contributed by atoms with E-state index in [4.69, 9.17) is 4.74 Å². The minimum absolute atomic E-state index is 0.0735. The Morgan fingerprint density at radius 3 is 2.40 bits per heavy atom. The molecule has 0 saturated heterocycles. The van der Waals surface area contributed by atoms with Crippen molar-refractivity contribution in [3.63, 3.8) is 0 Å². The van der Waals surface area contributed by atoms with Gasteiger partial charge in [0.25, 0.3) is 0 Å². The van der Waals surface area contributed by atoms with Gasteiger partial charge in [0.2, 0.25) is 5.88 Å². The Kier molecular flexibility index (Phi) is 5.39. The topological polar surface area (TPSA) is 38.7 Å². The minimum atomic E-state index is -4.34. The molecule has 0 saturated carbocycles. The summed E-state index contributed by atoms with van der Waals surface area (Å²) in [5.41, 5.74) is 1.78. The van der Waals surface area contributed by atoms with E-state index in [2.05, 4.69) is 31.1 Å². The molecule has 0 aliphatic rings. The maximum absolute atomic E-state index is 12.2. The van der Waals surface area contributed by atoms with E-state index in [1.807, 2.05) is 13.0 Å². The van der Waals surface area contributed by atoms with Crippen molar-refractivity contribution in [1.82, 2.24) is 4.98 Å². The molecule has 1 heterocycles. The lowest BCUT2D eigenvalue weighted by molar-refractivity contribution is -0.731. The molecule has 0 unspecified atom stereocenters. The third-order valence-corrected chi connectivity index (χ3v) is 2.69. The molecule has 0 radical (unpaired) electrons. The summed E-state index contributed by atoms with van der Waals surface area (Å²) in [6.07, 6.45) is -2.18. The molecule has 0 aliphatic heterocycles. The van der Waals surface area contributed by atoms with Gasteiger partial charge in [0, 0.05) is 17.3 Å². The first-order valence-corrected chi connectivity index (χ1v) is 6.62. The number of rotatable bonds is 5. The van der Waals surface area contributed by atoms with Crippen LogP contribution in [0, 0.1) is 0 Å². The van der Waals surface area contributed by atoms with Gasteiger partial charge in [0.15, 0.2) is 6.61 Å². The van der Waals surface area contributed by atoms with Gasteiger partial charge in [-0.3, -0.25) is 0 Å². The molecule has 1 aromatic heterocycles. The highest BCUT2D eigenvalue weighted by molar-refractivity contribution is 5.29. The van der Waals surface area contributed by atoms with Gasteiger partial charge >= 0.3 is 6.18 Å². The number of quaternary nitrogens is 1. The number of alkyl halides is 3. The lowest BCUT2D eigenvalue weighted by Crippen LogP contribution is -2.92. The SMILES string of the molecule is CCc1cc(C[NH2+]C(C)(C)C)cnc1OCC(F)(F)F. The van der Waals surface area contributed by atoms with Gasteiger partial charge in [0.05, 0.1) is 5.54 Å². The maximum atomic E-state index is 12.2. The Morgan fingerprint density at radius 2 is 1.90 bits per heavy atom. The first-order chi connectivity index (χ1) is 9.11. The molecule has 0 bridgehead atoms. The molecule has 3 nitrogen and oxygen atoms in total. The van der Waals surface area contributed by atoms with E-state index in [-0.39, 0.29) is 11.4 Å². The predicted octanol–water partition coefficient (Wildman–Crippen LogP) is 2.45. The molecule has 0 aromatic carbocycles. The number of aryl methyl sites for hydroxylation is 1. The standard InChI is InChI=1S/C14H21F3N2O/c1-5-11-6-10(8-19-13(2,3)4)7-18-12(11)20-9-14(15,16)17/h6-7,19H,5,8-9H2,1-4H3/p+1. The highest BCUT2D eigenvalue weighted by Crippen LogP contribution is 2.21.